The Labute approximate surface area is 92.1 Å². The zero-order valence-electron chi connectivity index (χ0n) is 10.0. The molecule has 84 valence electrons. The van der Waals surface area contributed by atoms with Crippen LogP contribution in [0.25, 0.3) is 0 Å². The highest BCUT2D eigenvalue weighted by Crippen LogP contribution is 2.36. The third-order valence-corrected chi connectivity index (χ3v) is 2.80. The lowest BCUT2D eigenvalue weighted by atomic mass is 9.82. The molecule has 1 aromatic rings. The lowest BCUT2D eigenvalue weighted by Crippen LogP contribution is -2.26. The summed E-state index contributed by atoms with van der Waals surface area (Å²) in [6.45, 7) is 8.27. The molecule has 0 saturated heterocycles. The molecule has 0 heterocycles. The minimum absolute atomic E-state index is 0.0379. The first kappa shape index (κ1) is 12.1. The predicted octanol–water partition coefficient (Wildman–Crippen LogP) is 3.00. The number of nitrogens with two attached hydrogens (primary N) is 1. The Kier molecular flexibility index (Phi) is 3.40. The van der Waals surface area contributed by atoms with Crippen LogP contribution in [0.1, 0.15) is 44.9 Å². The molecule has 0 radical (unpaired) electrons. The van der Waals surface area contributed by atoms with Crippen LogP contribution in [-0.2, 0) is 6.42 Å². The van der Waals surface area contributed by atoms with Crippen molar-refractivity contribution in [2.75, 3.05) is 0 Å². The number of benzene rings is 1. The molecule has 2 heteroatoms. The highest BCUT2D eigenvalue weighted by molar-refractivity contribution is 5.42. The summed E-state index contributed by atoms with van der Waals surface area (Å²) in [5.74, 6) is 0.363. The molecule has 0 saturated carbocycles. The molecule has 0 aliphatic heterocycles. The highest BCUT2D eigenvalue weighted by atomic mass is 16.3. The summed E-state index contributed by atoms with van der Waals surface area (Å²) in [6, 6.07) is 5.67. The minimum Gasteiger partial charge on any atom is -0.507 e. The van der Waals surface area contributed by atoms with Crippen LogP contribution in [-0.4, -0.2) is 5.11 Å². The van der Waals surface area contributed by atoms with E-state index in [1.165, 1.54) is 0 Å². The Bertz CT molecular complexity index is 339. The molecule has 1 atom stereocenters. The van der Waals surface area contributed by atoms with Gasteiger partial charge in [0.05, 0.1) is 0 Å². The number of aryl methyl sites for hydroxylation is 1. The smallest absolute Gasteiger partial charge is 0.123 e. The molecule has 0 aliphatic carbocycles. The van der Waals surface area contributed by atoms with E-state index in [-0.39, 0.29) is 11.5 Å². The van der Waals surface area contributed by atoms with Gasteiger partial charge in [-0.15, -0.1) is 0 Å². The largest absolute Gasteiger partial charge is 0.507 e. The van der Waals surface area contributed by atoms with Crippen molar-refractivity contribution in [3.8, 4) is 5.75 Å². The zero-order valence-corrected chi connectivity index (χ0v) is 10.0. The number of hydrogen-bond donors (Lipinski definition) is 2. The number of hydrogen-bond acceptors (Lipinski definition) is 2. The molecule has 0 bridgehead atoms. The molecule has 15 heavy (non-hydrogen) atoms. The molecule has 1 rings (SSSR count). The van der Waals surface area contributed by atoms with E-state index in [9.17, 15) is 5.11 Å². The van der Waals surface area contributed by atoms with E-state index in [1.807, 2.05) is 25.1 Å². The van der Waals surface area contributed by atoms with Crippen molar-refractivity contribution in [3.05, 3.63) is 29.3 Å². The first-order valence-corrected chi connectivity index (χ1v) is 5.44. The van der Waals surface area contributed by atoms with E-state index in [1.54, 1.807) is 0 Å². The number of aromatic hydroxyl groups is 1. The van der Waals surface area contributed by atoms with Gasteiger partial charge in [-0.2, -0.15) is 0 Å². The van der Waals surface area contributed by atoms with Gasteiger partial charge in [-0.25, -0.2) is 0 Å². The van der Waals surface area contributed by atoms with Gasteiger partial charge in [0.1, 0.15) is 5.75 Å². The fourth-order valence-corrected chi connectivity index (χ4v) is 1.61. The fraction of sp³-hybridized carbons (Fsp3) is 0.538. The van der Waals surface area contributed by atoms with E-state index in [0.29, 0.717) is 5.75 Å². The SMILES string of the molecule is CCc1cccc([C@@H](N)C(C)(C)C)c1O. The highest BCUT2D eigenvalue weighted by Gasteiger charge is 2.25. The van der Waals surface area contributed by atoms with Crippen LogP contribution >= 0.6 is 0 Å². The molecule has 3 N–H and O–H groups in total. The lowest BCUT2D eigenvalue weighted by Gasteiger charge is -2.28. The second kappa shape index (κ2) is 4.23. The van der Waals surface area contributed by atoms with Gasteiger partial charge in [0.25, 0.3) is 0 Å². The van der Waals surface area contributed by atoms with Crippen molar-refractivity contribution < 1.29 is 5.11 Å². The first-order valence-electron chi connectivity index (χ1n) is 5.44. The summed E-state index contributed by atoms with van der Waals surface area (Å²) in [4.78, 5) is 0. The van der Waals surface area contributed by atoms with Crippen molar-refractivity contribution in [1.29, 1.82) is 0 Å². The molecule has 0 spiro atoms. The quantitative estimate of drug-likeness (QED) is 0.783. The fourth-order valence-electron chi connectivity index (χ4n) is 1.61. The second-order valence-electron chi connectivity index (χ2n) is 5.05. The van der Waals surface area contributed by atoms with Gasteiger partial charge in [-0.05, 0) is 17.4 Å². The Balaban J connectivity index is 3.15. The molecule has 0 unspecified atom stereocenters. The van der Waals surface area contributed by atoms with E-state index < -0.39 is 0 Å². The summed E-state index contributed by atoms with van der Waals surface area (Å²) in [6.07, 6.45) is 0.830. The van der Waals surface area contributed by atoms with Gasteiger partial charge < -0.3 is 10.8 Å². The summed E-state index contributed by atoms with van der Waals surface area (Å²) in [5, 5.41) is 10.0. The van der Waals surface area contributed by atoms with Gasteiger partial charge in [-0.3, -0.25) is 0 Å². The summed E-state index contributed by atoms with van der Waals surface area (Å²) in [7, 11) is 0. The van der Waals surface area contributed by atoms with Crippen molar-refractivity contribution in [1.82, 2.24) is 0 Å². The Hall–Kier alpha value is -1.02. The molecular weight excluding hydrogens is 186 g/mol. The maximum atomic E-state index is 10.0. The van der Waals surface area contributed by atoms with Gasteiger partial charge in [0.15, 0.2) is 0 Å². The normalized spacial score (nSPS) is 13.9. The molecule has 0 aromatic heterocycles. The van der Waals surface area contributed by atoms with Crippen LogP contribution in [0.5, 0.6) is 5.75 Å². The van der Waals surface area contributed by atoms with Gasteiger partial charge >= 0.3 is 0 Å². The average Bonchev–Trinajstić information content (AvgIpc) is 2.16. The Morgan fingerprint density at radius 3 is 2.40 bits per heavy atom. The van der Waals surface area contributed by atoms with Crippen LogP contribution in [0.4, 0.5) is 0 Å². The standard InChI is InChI=1S/C13H21NO/c1-5-9-7-6-8-10(11(9)15)12(14)13(2,3)4/h6-8,12,15H,5,14H2,1-4H3/t12-/m1/s1. The zero-order chi connectivity index (χ0) is 11.6. The average molecular weight is 207 g/mol. The van der Waals surface area contributed by atoms with Crippen molar-refractivity contribution in [2.24, 2.45) is 11.1 Å². The van der Waals surface area contributed by atoms with E-state index in [0.717, 1.165) is 17.5 Å². The van der Waals surface area contributed by atoms with Gasteiger partial charge in [-0.1, -0.05) is 45.9 Å². The Morgan fingerprint density at radius 1 is 1.33 bits per heavy atom. The maximum Gasteiger partial charge on any atom is 0.123 e. The van der Waals surface area contributed by atoms with E-state index in [4.69, 9.17) is 5.73 Å². The topological polar surface area (TPSA) is 46.2 Å². The Morgan fingerprint density at radius 2 is 1.93 bits per heavy atom. The van der Waals surface area contributed by atoms with Crippen LogP contribution in [0.2, 0.25) is 0 Å². The van der Waals surface area contributed by atoms with Crippen molar-refractivity contribution >= 4 is 0 Å². The molecule has 2 nitrogen and oxygen atoms in total. The van der Waals surface area contributed by atoms with Crippen LogP contribution < -0.4 is 5.73 Å². The number of phenols is 1. The van der Waals surface area contributed by atoms with E-state index in [2.05, 4.69) is 20.8 Å². The third-order valence-electron chi connectivity index (χ3n) is 2.80. The molecule has 0 amide bonds. The first-order chi connectivity index (χ1) is 6.88. The van der Waals surface area contributed by atoms with Crippen LogP contribution in [0, 0.1) is 5.41 Å². The summed E-state index contributed by atoms with van der Waals surface area (Å²) in [5.41, 5.74) is 7.91. The van der Waals surface area contributed by atoms with Gasteiger partial charge in [0, 0.05) is 11.6 Å². The number of rotatable bonds is 2. The summed E-state index contributed by atoms with van der Waals surface area (Å²) < 4.78 is 0. The summed E-state index contributed by atoms with van der Waals surface area (Å²) >= 11 is 0. The molecule has 0 aliphatic rings. The second-order valence-corrected chi connectivity index (χ2v) is 5.05. The monoisotopic (exact) mass is 207 g/mol. The van der Waals surface area contributed by atoms with Crippen molar-refractivity contribution in [2.45, 2.75) is 40.2 Å². The molecule has 1 aromatic carbocycles. The number of phenolic OH excluding ortho intramolecular Hbond substituents is 1. The molecular formula is C13H21NO. The lowest BCUT2D eigenvalue weighted by molar-refractivity contribution is 0.317. The predicted molar refractivity (Wildman–Crippen MR) is 63.9 cm³/mol. The third kappa shape index (κ3) is 2.51. The molecule has 0 fully saturated rings. The van der Waals surface area contributed by atoms with Gasteiger partial charge in [0.2, 0.25) is 0 Å². The maximum absolute atomic E-state index is 10.0. The van der Waals surface area contributed by atoms with E-state index >= 15 is 0 Å². The number of para-hydroxylation sites is 1. The minimum atomic E-state index is -0.135. The van der Waals surface area contributed by atoms with Crippen LogP contribution in [0.3, 0.4) is 0 Å². The van der Waals surface area contributed by atoms with Crippen LogP contribution in [0.15, 0.2) is 18.2 Å². The van der Waals surface area contributed by atoms with Crippen molar-refractivity contribution in [3.63, 3.8) is 0 Å².